The van der Waals surface area contributed by atoms with E-state index in [1.807, 2.05) is 33.8 Å². The van der Waals surface area contributed by atoms with Crippen molar-refractivity contribution >= 4 is 17.8 Å². The van der Waals surface area contributed by atoms with Gasteiger partial charge in [0.2, 0.25) is 17.8 Å². The van der Waals surface area contributed by atoms with Crippen LogP contribution >= 0.6 is 0 Å². The SMILES string of the molecule is CCC(C)C(=O)N1CCN=C1Nc1nc(C)cc(C)n1. The average Bonchev–Trinajstić information content (AvgIpc) is 2.83. The zero-order valence-corrected chi connectivity index (χ0v) is 12.5. The summed E-state index contributed by atoms with van der Waals surface area (Å²) in [5, 5.41) is 3.07. The number of nitrogens with zero attached hydrogens (tertiary/aromatic N) is 4. The smallest absolute Gasteiger partial charge is 0.232 e. The van der Waals surface area contributed by atoms with Gasteiger partial charge in [0.1, 0.15) is 0 Å². The maximum absolute atomic E-state index is 12.3. The zero-order valence-electron chi connectivity index (χ0n) is 12.5. The lowest BCUT2D eigenvalue weighted by Crippen LogP contribution is -2.41. The number of nitrogens with one attached hydrogen (secondary N) is 1. The third-order valence-electron chi connectivity index (χ3n) is 3.35. The number of carbonyl (C=O) groups is 1. The van der Waals surface area contributed by atoms with E-state index in [2.05, 4.69) is 20.3 Å². The molecule has 1 atom stereocenters. The van der Waals surface area contributed by atoms with Gasteiger partial charge in [-0.2, -0.15) is 0 Å². The van der Waals surface area contributed by atoms with Gasteiger partial charge in [-0.25, -0.2) is 9.97 Å². The highest BCUT2D eigenvalue weighted by Gasteiger charge is 2.27. The molecule has 1 N–H and O–H groups in total. The number of aliphatic imine (C=N–C) groups is 1. The molecule has 2 heterocycles. The summed E-state index contributed by atoms with van der Waals surface area (Å²) in [4.78, 5) is 26.9. The quantitative estimate of drug-likeness (QED) is 0.912. The Morgan fingerprint density at radius 1 is 1.40 bits per heavy atom. The fourth-order valence-electron chi connectivity index (χ4n) is 2.09. The Balaban J connectivity index is 2.14. The van der Waals surface area contributed by atoms with Crippen molar-refractivity contribution in [1.82, 2.24) is 14.9 Å². The highest BCUT2D eigenvalue weighted by Crippen LogP contribution is 2.13. The lowest BCUT2D eigenvalue weighted by Gasteiger charge is -2.21. The first-order chi connectivity index (χ1) is 9.51. The number of rotatable bonds is 3. The molecule has 6 nitrogen and oxygen atoms in total. The van der Waals surface area contributed by atoms with Crippen molar-refractivity contribution in [2.24, 2.45) is 10.9 Å². The van der Waals surface area contributed by atoms with Crippen molar-refractivity contribution in [3.63, 3.8) is 0 Å². The molecule has 1 aromatic rings. The third kappa shape index (κ3) is 3.12. The summed E-state index contributed by atoms with van der Waals surface area (Å²) < 4.78 is 0. The van der Waals surface area contributed by atoms with Crippen LogP contribution in [0.1, 0.15) is 31.7 Å². The van der Waals surface area contributed by atoms with Gasteiger partial charge >= 0.3 is 0 Å². The molecule has 1 amide bonds. The standard InChI is InChI=1S/C14H21N5O/c1-5-9(2)12(20)19-7-6-15-14(19)18-13-16-10(3)8-11(4)17-13/h8-9H,5-7H2,1-4H3,(H,15,16,17,18). The van der Waals surface area contributed by atoms with Crippen LogP contribution in [0.15, 0.2) is 11.1 Å². The molecule has 1 unspecified atom stereocenters. The van der Waals surface area contributed by atoms with Crippen molar-refractivity contribution in [2.45, 2.75) is 34.1 Å². The van der Waals surface area contributed by atoms with E-state index in [0.29, 0.717) is 25.0 Å². The molecule has 1 aromatic heterocycles. The lowest BCUT2D eigenvalue weighted by molar-refractivity contribution is -0.130. The summed E-state index contributed by atoms with van der Waals surface area (Å²) in [5.41, 5.74) is 1.77. The van der Waals surface area contributed by atoms with Gasteiger partial charge in [0.25, 0.3) is 0 Å². The summed E-state index contributed by atoms with van der Waals surface area (Å²) in [6.07, 6.45) is 0.822. The molecule has 0 bridgehead atoms. The lowest BCUT2D eigenvalue weighted by atomic mass is 10.1. The van der Waals surface area contributed by atoms with E-state index >= 15 is 0 Å². The highest BCUT2D eigenvalue weighted by molar-refractivity contribution is 6.04. The van der Waals surface area contributed by atoms with Crippen LogP contribution in [0.5, 0.6) is 0 Å². The van der Waals surface area contributed by atoms with Crippen molar-refractivity contribution in [3.05, 3.63) is 17.5 Å². The normalized spacial score (nSPS) is 16.0. The van der Waals surface area contributed by atoms with E-state index in [1.54, 1.807) is 4.90 Å². The van der Waals surface area contributed by atoms with Gasteiger partial charge in [-0.3, -0.25) is 20.0 Å². The van der Waals surface area contributed by atoms with E-state index in [1.165, 1.54) is 0 Å². The zero-order chi connectivity index (χ0) is 14.7. The van der Waals surface area contributed by atoms with Crippen molar-refractivity contribution in [3.8, 4) is 0 Å². The van der Waals surface area contributed by atoms with Gasteiger partial charge in [-0.05, 0) is 26.3 Å². The number of aryl methyl sites for hydroxylation is 2. The Morgan fingerprint density at radius 3 is 2.65 bits per heavy atom. The predicted molar refractivity (Wildman–Crippen MR) is 78.6 cm³/mol. The maximum atomic E-state index is 12.3. The van der Waals surface area contributed by atoms with Crippen LogP contribution in [0.3, 0.4) is 0 Å². The molecule has 108 valence electrons. The summed E-state index contributed by atoms with van der Waals surface area (Å²) >= 11 is 0. The average molecular weight is 275 g/mol. The van der Waals surface area contributed by atoms with Gasteiger partial charge in [0.05, 0.1) is 6.54 Å². The minimum Gasteiger partial charge on any atom is -0.294 e. The Labute approximate surface area is 119 Å². The van der Waals surface area contributed by atoms with Crippen LogP contribution in [0, 0.1) is 19.8 Å². The van der Waals surface area contributed by atoms with Crippen molar-refractivity contribution in [1.29, 1.82) is 0 Å². The number of hydrogen-bond donors (Lipinski definition) is 1. The molecule has 20 heavy (non-hydrogen) atoms. The van der Waals surface area contributed by atoms with Gasteiger partial charge in [-0.15, -0.1) is 0 Å². The van der Waals surface area contributed by atoms with Gasteiger partial charge in [0, 0.05) is 23.9 Å². The maximum Gasteiger partial charge on any atom is 0.232 e. The molecule has 0 fully saturated rings. The van der Waals surface area contributed by atoms with E-state index in [-0.39, 0.29) is 11.8 Å². The Morgan fingerprint density at radius 2 is 2.05 bits per heavy atom. The Hall–Kier alpha value is -1.98. The molecule has 0 saturated carbocycles. The first kappa shape index (κ1) is 14.4. The molecule has 1 aliphatic heterocycles. The topological polar surface area (TPSA) is 70.5 Å². The van der Waals surface area contributed by atoms with E-state index in [4.69, 9.17) is 0 Å². The minimum absolute atomic E-state index is 0.000244. The molecule has 1 aliphatic rings. The van der Waals surface area contributed by atoms with Crippen LogP contribution in [0.25, 0.3) is 0 Å². The molecular weight excluding hydrogens is 254 g/mol. The number of carbonyl (C=O) groups excluding carboxylic acids is 1. The van der Waals surface area contributed by atoms with Crippen molar-refractivity contribution in [2.75, 3.05) is 18.4 Å². The largest absolute Gasteiger partial charge is 0.294 e. The summed E-state index contributed by atoms with van der Waals surface area (Å²) in [5.74, 6) is 1.14. The second kappa shape index (κ2) is 5.98. The number of guanidine groups is 1. The van der Waals surface area contributed by atoms with Gasteiger partial charge in [-0.1, -0.05) is 13.8 Å². The highest BCUT2D eigenvalue weighted by atomic mass is 16.2. The van der Waals surface area contributed by atoms with Gasteiger partial charge in [0.15, 0.2) is 0 Å². The molecule has 2 rings (SSSR count). The van der Waals surface area contributed by atoms with Crippen LogP contribution < -0.4 is 5.32 Å². The van der Waals surface area contributed by atoms with Crippen LogP contribution in [-0.2, 0) is 4.79 Å². The van der Waals surface area contributed by atoms with Crippen LogP contribution in [0.4, 0.5) is 5.95 Å². The van der Waals surface area contributed by atoms with Crippen LogP contribution in [0.2, 0.25) is 0 Å². The van der Waals surface area contributed by atoms with E-state index in [9.17, 15) is 4.79 Å². The first-order valence-corrected chi connectivity index (χ1v) is 6.96. The van der Waals surface area contributed by atoms with E-state index < -0.39 is 0 Å². The molecule has 0 spiro atoms. The van der Waals surface area contributed by atoms with Gasteiger partial charge < -0.3 is 0 Å². The molecule has 0 saturated heterocycles. The molecule has 0 aliphatic carbocycles. The number of hydrogen-bond acceptors (Lipinski definition) is 5. The van der Waals surface area contributed by atoms with Crippen molar-refractivity contribution < 1.29 is 4.79 Å². The molecule has 0 aromatic carbocycles. The molecule has 6 heteroatoms. The number of anilines is 1. The van der Waals surface area contributed by atoms with E-state index in [0.717, 1.165) is 17.8 Å². The Bertz CT molecular complexity index is 520. The predicted octanol–water partition coefficient (Wildman–Crippen LogP) is 1.75. The fourth-order valence-corrected chi connectivity index (χ4v) is 2.09. The summed E-state index contributed by atoms with van der Waals surface area (Å²) in [7, 11) is 0. The monoisotopic (exact) mass is 275 g/mol. The summed E-state index contributed by atoms with van der Waals surface area (Å²) in [6.45, 7) is 9.02. The number of amides is 1. The van der Waals surface area contributed by atoms with Crippen LogP contribution in [-0.4, -0.2) is 39.8 Å². The molecular formula is C14H21N5O. The number of aromatic nitrogens is 2. The summed E-state index contributed by atoms with van der Waals surface area (Å²) in [6, 6.07) is 1.91. The Kier molecular flexibility index (Phi) is 4.32. The second-order valence-corrected chi connectivity index (χ2v) is 5.10. The minimum atomic E-state index is 0.000244. The third-order valence-corrected chi connectivity index (χ3v) is 3.35. The second-order valence-electron chi connectivity index (χ2n) is 5.10. The first-order valence-electron chi connectivity index (χ1n) is 6.96. The fraction of sp³-hybridized carbons (Fsp3) is 0.571. The molecule has 0 radical (unpaired) electrons.